The summed E-state index contributed by atoms with van der Waals surface area (Å²) in [5, 5.41) is 2.78. The maximum atomic E-state index is 12.4. The van der Waals surface area contributed by atoms with E-state index in [2.05, 4.69) is 0 Å². The molecule has 0 radical (unpaired) electrons. The maximum absolute atomic E-state index is 12.4. The number of carbonyl (C=O) groups excluding carboxylic acids is 1. The number of hydrogen-bond donors (Lipinski definition) is 0. The van der Waals surface area contributed by atoms with Gasteiger partial charge in [-0.25, -0.2) is 4.79 Å². The van der Waals surface area contributed by atoms with Crippen LogP contribution in [0.3, 0.4) is 0 Å². The molecule has 0 unspecified atom stereocenters. The summed E-state index contributed by atoms with van der Waals surface area (Å²) in [4.78, 5) is 14.3. The fraction of sp³-hybridized carbons (Fsp3) is 0.500. The van der Waals surface area contributed by atoms with Crippen molar-refractivity contribution in [3.05, 3.63) is 41.4 Å². The summed E-state index contributed by atoms with van der Waals surface area (Å²) in [6.45, 7) is 7.18. The predicted octanol–water partition coefficient (Wildman–Crippen LogP) is 5.52. The number of likely N-dealkylation sites (tertiary alicyclic amines) is 1. The summed E-state index contributed by atoms with van der Waals surface area (Å²) in [6.07, 6.45) is 2.01. The number of amides is 1. The molecule has 2 aromatic carbocycles. The van der Waals surface area contributed by atoms with Crippen LogP contribution in [-0.2, 0) is 4.74 Å². The maximum Gasteiger partial charge on any atom is 0.410 e. The number of hydrogen-bond acceptors (Lipinski definition) is 3. The molecule has 4 nitrogen and oxygen atoms in total. The Bertz CT molecular complexity index is 860. The van der Waals surface area contributed by atoms with Gasteiger partial charge in [-0.1, -0.05) is 35.9 Å². The number of halogens is 1. The molecule has 1 aliphatic carbocycles. The zero-order valence-corrected chi connectivity index (χ0v) is 16.8. The van der Waals surface area contributed by atoms with E-state index in [9.17, 15) is 4.79 Å². The van der Waals surface area contributed by atoms with Crippen molar-refractivity contribution in [1.29, 1.82) is 0 Å². The van der Waals surface area contributed by atoms with Crippen molar-refractivity contribution in [2.24, 2.45) is 11.8 Å². The van der Waals surface area contributed by atoms with Crippen LogP contribution in [0.25, 0.3) is 10.8 Å². The van der Waals surface area contributed by atoms with E-state index in [1.807, 2.05) is 62.1 Å². The summed E-state index contributed by atoms with van der Waals surface area (Å²) in [6, 6.07) is 11.9. The highest BCUT2D eigenvalue weighted by Gasteiger charge is 2.46. The van der Waals surface area contributed by atoms with E-state index < -0.39 is 5.60 Å². The third-order valence-electron chi connectivity index (χ3n) is 5.55. The topological polar surface area (TPSA) is 38.8 Å². The number of ether oxygens (including phenoxy) is 2. The Labute approximate surface area is 165 Å². The van der Waals surface area contributed by atoms with E-state index in [0.717, 1.165) is 40.9 Å². The molecule has 2 aromatic rings. The quantitative estimate of drug-likeness (QED) is 0.681. The van der Waals surface area contributed by atoms with Gasteiger partial charge < -0.3 is 14.4 Å². The van der Waals surface area contributed by atoms with Crippen LogP contribution in [0.2, 0.25) is 5.02 Å². The molecule has 1 amide bonds. The number of carbonyl (C=O) groups is 1. The van der Waals surface area contributed by atoms with Crippen LogP contribution in [-0.4, -0.2) is 35.8 Å². The zero-order chi connectivity index (χ0) is 19.2. The van der Waals surface area contributed by atoms with Crippen LogP contribution >= 0.6 is 11.6 Å². The molecule has 2 aliphatic rings. The number of nitrogens with zero attached hydrogens (tertiary/aromatic N) is 1. The molecule has 0 bridgehead atoms. The average Bonchev–Trinajstić information content (AvgIpc) is 3.18. The van der Waals surface area contributed by atoms with Crippen molar-refractivity contribution in [2.45, 2.75) is 45.3 Å². The molecule has 0 N–H and O–H groups in total. The Morgan fingerprint density at radius 3 is 2.56 bits per heavy atom. The summed E-state index contributed by atoms with van der Waals surface area (Å²) < 4.78 is 12.0. The lowest BCUT2D eigenvalue weighted by Crippen LogP contribution is -2.37. The Morgan fingerprint density at radius 1 is 1.07 bits per heavy atom. The second-order valence-electron chi connectivity index (χ2n) is 8.63. The normalized spacial score (nSPS) is 24.9. The van der Waals surface area contributed by atoms with Crippen LogP contribution in [0.4, 0.5) is 4.79 Å². The van der Waals surface area contributed by atoms with E-state index in [1.165, 1.54) is 0 Å². The fourth-order valence-corrected chi connectivity index (χ4v) is 4.57. The SMILES string of the molecule is CC(C)(C)OC(=O)N1C[C@H]2CC[C@H](Oc3ccc(Cl)c4ccccc34)[C@H]2C1. The van der Waals surface area contributed by atoms with Gasteiger partial charge in [0.2, 0.25) is 0 Å². The standard InChI is InChI=1S/C22H26ClNO3/c1-22(2,3)27-21(25)24-12-14-8-10-20(17(14)13-24)26-19-11-9-18(23)15-6-4-5-7-16(15)19/h4-7,9,11,14,17,20H,8,10,12-13H2,1-3H3/t14-,17+,20+/m1/s1. The molecule has 2 fully saturated rings. The highest BCUT2D eigenvalue weighted by atomic mass is 35.5. The first-order valence-corrected chi connectivity index (χ1v) is 10.0. The lowest BCUT2D eigenvalue weighted by molar-refractivity contribution is 0.0268. The van der Waals surface area contributed by atoms with Crippen LogP contribution < -0.4 is 4.74 Å². The summed E-state index contributed by atoms with van der Waals surface area (Å²) >= 11 is 6.33. The minimum Gasteiger partial charge on any atom is -0.489 e. The van der Waals surface area contributed by atoms with E-state index in [0.29, 0.717) is 18.4 Å². The van der Waals surface area contributed by atoms with Gasteiger partial charge >= 0.3 is 6.09 Å². The van der Waals surface area contributed by atoms with Gasteiger partial charge in [0, 0.05) is 34.8 Å². The average molecular weight is 388 g/mol. The molecule has 1 aliphatic heterocycles. The third-order valence-corrected chi connectivity index (χ3v) is 5.88. The number of fused-ring (bicyclic) bond motifs is 2. The first-order valence-electron chi connectivity index (χ1n) is 9.63. The molecule has 27 heavy (non-hydrogen) atoms. The van der Waals surface area contributed by atoms with Crippen molar-refractivity contribution in [1.82, 2.24) is 4.90 Å². The molecular weight excluding hydrogens is 362 g/mol. The second kappa shape index (κ2) is 6.90. The monoisotopic (exact) mass is 387 g/mol. The van der Waals surface area contributed by atoms with Gasteiger partial charge in [0.25, 0.3) is 0 Å². The molecule has 5 heteroatoms. The first kappa shape index (κ1) is 18.4. The Morgan fingerprint density at radius 2 is 1.81 bits per heavy atom. The van der Waals surface area contributed by atoms with E-state index >= 15 is 0 Å². The highest BCUT2D eigenvalue weighted by molar-refractivity contribution is 6.35. The van der Waals surface area contributed by atoms with Gasteiger partial charge in [-0.2, -0.15) is 0 Å². The molecule has 0 aromatic heterocycles. The van der Waals surface area contributed by atoms with Crippen LogP contribution in [0, 0.1) is 11.8 Å². The molecule has 1 saturated carbocycles. The molecule has 144 valence electrons. The van der Waals surface area contributed by atoms with E-state index in [-0.39, 0.29) is 12.2 Å². The van der Waals surface area contributed by atoms with Gasteiger partial charge in [-0.3, -0.25) is 0 Å². The van der Waals surface area contributed by atoms with E-state index in [4.69, 9.17) is 21.1 Å². The number of benzene rings is 2. The Balaban J connectivity index is 1.49. The highest BCUT2D eigenvalue weighted by Crippen LogP contribution is 2.42. The summed E-state index contributed by atoms with van der Waals surface area (Å²) in [5.74, 6) is 1.71. The molecule has 4 rings (SSSR count). The van der Waals surface area contributed by atoms with Crippen molar-refractivity contribution in [3.8, 4) is 5.75 Å². The van der Waals surface area contributed by atoms with Gasteiger partial charge in [0.1, 0.15) is 17.5 Å². The minimum atomic E-state index is -0.465. The Kier molecular flexibility index (Phi) is 4.71. The van der Waals surface area contributed by atoms with Gasteiger partial charge in [-0.15, -0.1) is 0 Å². The Hall–Kier alpha value is -1.94. The smallest absolute Gasteiger partial charge is 0.410 e. The second-order valence-corrected chi connectivity index (χ2v) is 9.04. The van der Waals surface area contributed by atoms with E-state index in [1.54, 1.807) is 0 Å². The molecular formula is C22H26ClNO3. The van der Waals surface area contributed by atoms with Crippen molar-refractivity contribution < 1.29 is 14.3 Å². The zero-order valence-electron chi connectivity index (χ0n) is 16.1. The van der Waals surface area contributed by atoms with Crippen LogP contribution in [0.15, 0.2) is 36.4 Å². The largest absolute Gasteiger partial charge is 0.489 e. The van der Waals surface area contributed by atoms with Gasteiger partial charge in [0.15, 0.2) is 0 Å². The third kappa shape index (κ3) is 3.73. The number of rotatable bonds is 2. The lowest BCUT2D eigenvalue weighted by atomic mass is 9.99. The molecule has 0 spiro atoms. The summed E-state index contributed by atoms with van der Waals surface area (Å²) in [7, 11) is 0. The fourth-order valence-electron chi connectivity index (χ4n) is 4.34. The van der Waals surface area contributed by atoms with Gasteiger partial charge in [-0.05, 0) is 51.7 Å². The first-order chi connectivity index (χ1) is 12.8. The van der Waals surface area contributed by atoms with Crippen molar-refractivity contribution >= 4 is 28.5 Å². The predicted molar refractivity (Wildman–Crippen MR) is 107 cm³/mol. The van der Waals surface area contributed by atoms with Crippen LogP contribution in [0.5, 0.6) is 5.75 Å². The van der Waals surface area contributed by atoms with Gasteiger partial charge in [0.05, 0.1) is 0 Å². The van der Waals surface area contributed by atoms with Crippen molar-refractivity contribution in [3.63, 3.8) is 0 Å². The summed E-state index contributed by atoms with van der Waals surface area (Å²) in [5.41, 5.74) is -0.465. The lowest BCUT2D eigenvalue weighted by Gasteiger charge is -2.26. The molecule has 1 saturated heterocycles. The molecule has 1 heterocycles. The van der Waals surface area contributed by atoms with Crippen molar-refractivity contribution in [2.75, 3.05) is 13.1 Å². The minimum absolute atomic E-state index is 0.118. The molecule has 3 atom stereocenters. The van der Waals surface area contributed by atoms with Crippen LogP contribution in [0.1, 0.15) is 33.6 Å².